The van der Waals surface area contributed by atoms with Crippen molar-refractivity contribution in [3.05, 3.63) is 68.1 Å². The van der Waals surface area contributed by atoms with Crippen molar-refractivity contribution in [3.8, 4) is 11.5 Å². The van der Waals surface area contributed by atoms with Crippen LogP contribution in [0.15, 0.2) is 39.9 Å². The van der Waals surface area contributed by atoms with Gasteiger partial charge in [-0.25, -0.2) is 9.78 Å². The smallest absolute Gasteiger partial charge is 0.322 e. The number of rotatable bonds is 2. The van der Waals surface area contributed by atoms with E-state index in [1.54, 1.807) is 30.3 Å². The monoisotopic (exact) mass is 336 g/mol. The maximum Gasteiger partial charge on any atom is 0.435 e. The lowest BCUT2D eigenvalue weighted by molar-refractivity contribution is -0.142. The molecule has 2 heterocycles. The second kappa shape index (κ2) is 5.59. The first-order chi connectivity index (χ1) is 11.3. The third-order valence-electron chi connectivity index (χ3n) is 3.53. The molecule has 2 aliphatic heterocycles. The minimum Gasteiger partial charge on any atom is -0.322 e. The van der Waals surface area contributed by atoms with Crippen LogP contribution in [-0.4, -0.2) is 19.5 Å². The highest BCUT2D eigenvalue weighted by Crippen LogP contribution is 2.32. The second-order valence-corrected chi connectivity index (χ2v) is 5.16. The maximum absolute atomic E-state index is 13.2. The molecule has 0 saturated heterocycles. The summed E-state index contributed by atoms with van der Waals surface area (Å²) in [6.45, 7) is 1.25. The van der Waals surface area contributed by atoms with Crippen molar-refractivity contribution in [2.45, 2.75) is 19.6 Å². The highest BCUT2D eigenvalue weighted by Gasteiger charge is 2.37. The molecule has 2 aliphatic rings. The zero-order valence-corrected chi connectivity index (χ0v) is 12.4. The normalized spacial score (nSPS) is 11.8. The topological polar surface area (TPSA) is 80.6 Å². The summed E-state index contributed by atoms with van der Waals surface area (Å²) >= 11 is 0. The van der Waals surface area contributed by atoms with Crippen molar-refractivity contribution in [2.75, 3.05) is 0 Å². The molecule has 0 aromatic heterocycles. The number of hydrogen-bond acceptors (Lipinski definition) is 4. The number of H-pyrrole nitrogens is 1. The minimum atomic E-state index is -4.74. The van der Waals surface area contributed by atoms with Gasteiger partial charge in [0.25, 0.3) is 5.56 Å². The van der Waals surface area contributed by atoms with Gasteiger partial charge in [-0.05, 0) is 12.5 Å². The van der Waals surface area contributed by atoms with Crippen LogP contribution in [0.5, 0.6) is 0 Å². The molecule has 3 rings (SSSR count). The summed E-state index contributed by atoms with van der Waals surface area (Å²) in [5.41, 5.74) is -3.18. The van der Waals surface area contributed by atoms with Gasteiger partial charge in [0.2, 0.25) is 0 Å². The summed E-state index contributed by atoms with van der Waals surface area (Å²) in [7, 11) is 0. The van der Waals surface area contributed by atoms with Crippen LogP contribution < -0.4 is 11.2 Å². The highest BCUT2D eigenvalue weighted by molar-refractivity contribution is 5.51. The maximum atomic E-state index is 13.2. The highest BCUT2D eigenvalue weighted by atomic mass is 19.4. The average molecular weight is 336 g/mol. The molecule has 124 valence electrons. The van der Waals surface area contributed by atoms with Gasteiger partial charge in [0.15, 0.2) is 17.2 Å². The Morgan fingerprint density at radius 2 is 1.79 bits per heavy atom. The Hall–Kier alpha value is -2.97. The Balaban J connectivity index is 2.34. The number of hydrogen-bond donors (Lipinski definition) is 1. The molecular weight excluding hydrogens is 325 g/mol. The van der Waals surface area contributed by atoms with E-state index in [1.165, 1.54) is 11.5 Å². The lowest BCUT2D eigenvalue weighted by Gasteiger charge is -2.20. The number of aromatic amines is 1. The van der Waals surface area contributed by atoms with Crippen LogP contribution in [0.25, 0.3) is 11.5 Å². The summed E-state index contributed by atoms with van der Waals surface area (Å²) < 4.78 is 40.9. The number of aromatic nitrogens is 4. The molecule has 1 N–H and O–H groups in total. The minimum absolute atomic E-state index is 0.0185. The van der Waals surface area contributed by atoms with Gasteiger partial charge in [-0.2, -0.15) is 18.2 Å². The fourth-order valence-corrected chi connectivity index (χ4v) is 2.43. The molecule has 0 radical (unpaired) electrons. The average Bonchev–Trinajstić information content (AvgIpc) is 2.50. The number of nitrogens with one attached hydrogen (secondary N) is 1. The molecule has 6 nitrogen and oxygen atoms in total. The van der Waals surface area contributed by atoms with E-state index in [-0.39, 0.29) is 18.1 Å². The fraction of sp³-hybridized carbons (Fsp3) is 0.200. The molecule has 0 spiro atoms. The Bertz CT molecular complexity index is 977. The standard InChI is InChI=1S/C15H11F3N4O2/c1-8-11(15(16,17)18)19-10-12(20-14(24)21-13(10)23)22(8)7-9-5-3-2-4-6-9/h2-6H,7H2,1H3,(H,21,23,24). The summed E-state index contributed by atoms with van der Waals surface area (Å²) in [5, 5.41) is 0. The third kappa shape index (κ3) is 2.80. The van der Waals surface area contributed by atoms with Crippen molar-refractivity contribution in [1.29, 1.82) is 0 Å². The molecule has 0 bridgehead atoms. The van der Waals surface area contributed by atoms with Crippen molar-refractivity contribution < 1.29 is 13.2 Å². The zero-order chi connectivity index (χ0) is 17.5. The van der Waals surface area contributed by atoms with Gasteiger partial charge in [0.05, 0.1) is 0 Å². The van der Waals surface area contributed by atoms with Gasteiger partial charge >= 0.3 is 11.9 Å². The van der Waals surface area contributed by atoms with Crippen LogP contribution in [0, 0.1) is 6.92 Å². The summed E-state index contributed by atoms with van der Waals surface area (Å²) in [6, 6.07) is 8.68. The number of benzene rings is 1. The van der Waals surface area contributed by atoms with Crippen LogP contribution in [0.1, 0.15) is 17.0 Å². The van der Waals surface area contributed by atoms with Gasteiger partial charge in [-0.3, -0.25) is 9.78 Å². The van der Waals surface area contributed by atoms with Crippen molar-refractivity contribution in [2.24, 2.45) is 0 Å². The molecule has 1 aromatic carbocycles. The molecule has 1 aromatic rings. The van der Waals surface area contributed by atoms with Crippen LogP contribution in [0.3, 0.4) is 0 Å². The summed E-state index contributed by atoms with van der Waals surface area (Å²) in [4.78, 5) is 32.2. The lowest BCUT2D eigenvalue weighted by atomic mass is 10.2. The van der Waals surface area contributed by atoms with Gasteiger partial charge in [-0.1, -0.05) is 30.3 Å². The zero-order valence-electron chi connectivity index (χ0n) is 12.4. The van der Waals surface area contributed by atoms with Crippen molar-refractivity contribution >= 4 is 0 Å². The first-order valence-electron chi connectivity index (χ1n) is 6.90. The number of fused-ring (bicyclic) bond motifs is 1. The van der Waals surface area contributed by atoms with Gasteiger partial charge in [0, 0.05) is 12.2 Å². The summed E-state index contributed by atoms with van der Waals surface area (Å²) in [6.07, 6.45) is -4.74. The van der Waals surface area contributed by atoms with Crippen molar-refractivity contribution in [1.82, 2.24) is 19.5 Å². The predicted octanol–water partition coefficient (Wildman–Crippen LogP) is 1.81. The molecule has 0 atom stereocenters. The van der Waals surface area contributed by atoms with Crippen LogP contribution in [-0.2, 0) is 12.7 Å². The molecule has 0 saturated carbocycles. The number of alkyl halides is 3. The third-order valence-corrected chi connectivity index (χ3v) is 3.53. The molecule has 24 heavy (non-hydrogen) atoms. The van der Waals surface area contributed by atoms with E-state index in [2.05, 4.69) is 9.97 Å². The fourth-order valence-electron chi connectivity index (χ4n) is 2.43. The molecule has 0 amide bonds. The summed E-state index contributed by atoms with van der Waals surface area (Å²) in [5.74, 6) is -0.182. The van der Waals surface area contributed by atoms with E-state index < -0.39 is 28.8 Å². The van der Waals surface area contributed by atoms with Gasteiger partial charge < -0.3 is 4.57 Å². The van der Waals surface area contributed by atoms with E-state index in [0.29, 0.717) is 5.56 Å². The van der Waals surface area contributed by atoms with Gasteiger partial charge in [0.1, 0.15) is 0 Å². The van der Waals surface area contributed by atoms with E-state index in [4.69, 9.17) is 0 Å². The molecule has 0 fully saturated rings. The largest absolute Gasteiger partial charge is 0.435 e. The Kier molecular flexibility index (Phi) is 3.70. The van der Waals surface area contributed by atoms with E-state index in [9.17, 15) is 22.8 Å². The van der Waals surface area contributed by atoms with Crippen LogP contribution in [0.2, 0.25) is 0 Å². The lowest BCUT2D eigenvalue weighted by Crippen LogP contribution is -2.31. The van der Waals surface area contributed by atoms with Crippen LogP contribution in [0.4, 0.5) is 13.2 Å². The predicted molar refractivity (Wildman–Crippen MR) is 78.8 cm³/mol. The number of halogens is 3. The van der Waals surface area contributed by atoms with E-state index >= 15 is 0 Å². The molecule has 0 aliphatic carbocycles. The first kappa shape index (κ1) is 15.9. The Morgan fingerprint density at radius 3 is 2.42 bits per heavy atom. The molecular formula is C15H11F3N4O2. The molecule has 9 heteroatoms. The van der Waals surface area contributed by atoms with E-state index in [1.807, 2.05) is 4.98 Å². The molecule has 0 unspecified atom stereocenters. The Morgan fingerprint density at radius 1 is 1.12 bits per heavy atom. The quantitative estimate of drug-likeness (QED) is 0.774. The van der Waals surface area contributed by atoms with E-state index in [0.717, 1.165) is 0 Å². The van der Waals surface area contributed by atoms with Crippen molar-refractivity contribution in [3.63, 3.8) is 0 Å². The second-order valence-electron chi connectivity index (χ2n) is 5.16. The van der Waals surface area contributed by atoms with Gasteiger partial charge in [-0.15, -0.1) is 0 Å². The SMILES string of the molecule is Cc1c(C(F)(F)F)nc2c(=O)[nH]c(=O)nc-2n1Cc1ccccc1. The first-order valence-corrected chi connectivity index (χ1v) is 6.90. The van der Waals surface area contributed by atoms with Crippen LogP contribution >= 0.6 is 0 Å². The number of nitrogens with zero attached hydrogens (tertiary/aromatic N) is 3. The Labute approximate surface area is 133 Å².